The number of allylic oxidation sites excluding steroid dienone is 1. The number of aliphatic hydroxyl groups is 1. The van der Waals surface area contributed by atoms with Crippen molar-refractivity contribution in [1.29, 1.82) is 0 Å². The van der Waals surface area contributed by atoms with Crippen LogP contribution in [-0.2, 0) is 20.0 Å². The van der Waals surface area contributed by atoms with Crippen molar-refractivity contribution in [3.05, 3.63) is 69.9 Å². The maximum Gasteiger partial charge on any atom is 0.471 e. The van der Waals surface area contributed by atoms with Crippen LogP contribution in [0.3, 0.4) is 0 Å². The Kier molecular flexibility index (Phi) is 9.75. The molecule has 0 unspecified atom stereocenters. The first kappa shape index (κ1) is 33.5. The smallest absolute Gasteiger partial charge is 0.376 e. The average Bonchev–Trinajstić information content (AvgIpc) is 2.77. The van der Waals surface area contributed by atoms with Crippen LogP contribution in [0.4, 0.5) is 32.0 Å². The molecule has 0 fully saturated rings. The van der Waals surface area contributed by atoms with Crippen LogP contribution in [0.5, 0.6) is 0 Å². The lowest BCUT2D eigenvalue weighted by molar-refractivity contribution is -0.250. The van der Waals surface area contributed by atoms with E-state index in [0.717, 1.165) is 24.5 Å². The van der Waals surface area contributed by atoms with Crippen molar-refractivity contribution < 1.29 is 44.7 Å². The van der Waals surface area contributed by atoms with Gasteiger partial charge >= 0.3 is 18.3 Å². The Balaban J connectivity index is 2.50. The SMILES string of the molecule is C=C(C/C(C)=C/c1nc(S(C)(=O)=O)ccc1NC(=O)C(F)(F)F)[C@](O)(CC(C)(C)c1cccc(Br)c1)C(F)(F)F. The van der Waals surface area contributed by atoms with E-state index >= 15 is 0 Å². The van der Waals surface area contributed by atoms with Crippen molar-refractivity contribution in [1.82, 2.24) is 4.98 Å². The Bertz CT molecular complexity index is 1440. The first-order valence-corrected chi connectivity index (χ1v) is 14.2. The van der Waals surface area contributed by atoms with Crippen molar-refractivity contribution in [2.75, 3.05) is 11.6 Å². The Labute approximate surface area is 236 Å². The van der Waals surface area contributed by atoms with Gasteiger partial charge in [0.1, 0.15) is 0 Å². The fourth-order valence-corrected chi connectivity index (χ4v) is 4.89. The minimum absolute atomic E-state index is 0.0357. The zero-order chi connectivity index (χ0) is 30.9. The molecule has 0 aliphatic heterocycles. The molecule has 0 aliphatic carbocycles. The van der Waals surface area contributed by atoms with Crippen molar-refractivity contribution in [3.63, 3.8) is 0 Å². The highest BCUT2D eigenvalue weighted by atomic mass is 79.9. The number of nitrogens with zero attached hydrogens (tertiary/aromatic N) is 1. The molecule has 2 N–H and O–H groups in total. The third kappa shape index (κ3) is 8.16. The summed E-state index contributed by atoms with van der Waals surface area (Å²) in [6.07, 6.45) is -10.00. The van der Waals surface area contributed by atoms with Crippen LogP contribution in [0.15, 0.2) is 63.6 Å². The van der Waals surface area contributed by atoms with Gasteiger partial charge in [-0.05, 0) is 66.7 Å². The lowest BCUT2D eigenvalue weighted by Crippen LogP contribution is -2.50. The molecule has 0 saturated carbocycles. The maximum atomic E-state index is 14.3. The number of aromatic nitrogens is 1. The number of nitrogens with one attached hydrogen (secondary N) is 1. The molecule has 1 atom stereocenters. The normalized spacial score (nSPS) is 14.9. The number of hydrogen-bond acceptors (Lipinski definition) is 5. The minimum atomic E-state index is -5.27. The number of hydrogen-bond donors (Lipinski definition) is 2. The van der Waals surface area contributed by atoms with Gasteiger partial charge < -0.3 is 10.4 Å². The van der Waals surface area contributed by atoms with Crippen molar-refractivity contribution >= 4 is 43.4 Å². The van der Waals surface area contributed by atoms with Crippen LogP contribution in [-0.4, -0.2) is 48.6 Å². The number of carbonyl (C=O) groups is 1. The first-order valence-electron chi connectivity index (χ1n) is 11.5. The number of benzene rings is 1. The summed E-state index contributed by atoms with van der Waals surface area (Å²) in [6.45, 7) is 7.82. The van der Waals surface area contributed by atoms with Gasteiger partial charge in [-0.15, -0.1) is 0 Å². The monoisotopic (exact) mass is 656 g/mol. The van der Waals surface area contributed by atoms with Gasteiger partial charge in [0, 0.05) is 10.7 Å². The van der Waals surface area contributed by atoms with E-state index in [-0.39, 0.29) is 5.57 Å². The molecule has 40 heavy (non-hydrogen) atoms. The maximum absolute atomic E-state index is 14.3. The highest BCUT2D eigenvalue weighted by Gasteiger charge is 2.57. The first-order chi connectivity index (χ1) is 18.0. The van der Waals surface area contributed by atoms with Crippen molar-refractivity contribution in [2.24, 2.45) is 0 Å². The van der Waals surface area contributed by atoms with E-state index in [0.29, 0.717) is 10.0 Å². The van der Waals surface area contributed by atoms with E-state index in [1.807, 2.05) is 0 Å². The number of anilines is 1. The van der Waals surface area contributed by atoms with Crippen LogP contribution in [0.25, 0.3) is 6.08 Å². The minimum Gasteiger partial charge on any atom is -0.376 e. The van der Waals surface area contributed by atoms with Crippen molar-refractivity contribution in [3.8, 4) is 0 Å². The van der Waals surface area contributed by atoms with Crippen LogP contribution < -0.4 is 5.32 Å². The van der Waals surface area contributed by atoms with Crippen LogP contribution in [0.2, 0.25) is 0 Å². The molecule has 2 aromatic rings. The molecule has 220 valence electrons. The fraction of sp³-hybridized carbons (Fsp3) is 0.385. The molecule has 1 aromatic heterocycles. The van der Waals surface area contributed by atoms with E-state index in [1.165, 1.54) is 20.8 Å². The lowest BCUT2D eigenvalue weighted by atomic mass is 9.72. The number of pyridine rings is 1. The second-order valence-electron chi connectivity index (χ2n) is 10.0. The van der Waals surface area contributed by atoms with Gasteiger partial charge in [-0.3, -0.25) is 4.79 Å². The summed E-state index contributed by atoms with van der Waals surface area (Å²) in [6, 6.07) is 8.34. The van der Waals surface area contributed by atoms with E-state index in [4.69, 9.17) is 0 Å². The summed E-state index contributed by atoms with van der Waals surface area (Å²) in [5.41, 5.74) is -5.64. The van der Waals surface area contributed by atoms with Gasteiger partial charge in [0.25, 0.3) is 0 Å². The van der Waals surface area contributed by atoms with Crippen LogP contribution in [0.1, 0.15) is 44.9 Å². The van der Waals surface area contributed by atoms with E-state index < -0.39 is 73.9 Å². The highest BCUT2D eigenvalue weighted by Crippen LogP contribution is 2.46. The Morgan fingerprint density at radius 1 is 1.12 bits per heavy atom. The zero-order valence-corrected chi connectivity index (χ0v) is 24.2. The lowest BCUT2D eigenvalue weighted by Gasteiger charge is -2.39. The third-order valence-electron chi connectivity index (χ3n) is 6.02. The largest absolute Gasteiger partial charge is 0.471 e. The quantitative estimate of drug-likeness (QED) is 0.230. The second kappa shape index (κ2) is 11.6. The number of carbonyl (C=O) groups excluding carboxylic acids is 1. The molecule has 1 aromatic carbocycles. The average molecular weight is 657 g/mol. The molecule has 0 aliphatic rings. The van der Waals surface area contributed by atoms with Crippen LogP contribution in [0, 0.1) is 0 Å². The summed E-state index contributed by atoms with van der Waals surface area (Å²) in [5.74, 6) is -2.36. The molecule has 14 heteroatoms. The van der Waals surface area contributed by atoms with Gasteiger partial charge in [-0.1, -0.05) is 54.1 Å². The Hall–Kier alpha value is -2.71. The second-order valence-corrected chi connectivity index (χ2v) is 12.9. The van der Waals surface area contributed by atoms with E-state index in [1.54, 1.807) is 29.6 Å². The molecular formula is C26H27BrF6N2O4S. The fourth-order valence-electron chi connectivity index (χ4n) is 3.92. The Morgan fingerprint density at radius 2 is 1.73 bits per heavy atom. The molecule has 0 radical (unpaired) electrons. The van der Waals surface area contributed by atoms with Crippen LogP contribution >= 0.6 is 15.9 Å². The molecule has 0 bridgehead atoms. The van der Waals surface area contributed by atoms with E-state index in [2.05, 4.69) is 27.5 Å². The van der Waals surface area contributed by atoms with Gasteiger partial charge in [0.05, 0.1) is 11.4 Å². The highest BCUT2D eigenvalue weighted by molar-refractivity contribution is 9.10. The number of halogens is 7. The summed E-state index contributed by atoms with van der Waals surface area (Å²) >= 11 is 3.27. The van der Waals surface area contributed by atoms with Gasteiger partial charge in [0.15, 0.2) is 20.5 Å². The summed E-state index contributed by atoms with van der Waals surface area (Å²) < 4.78 is 106. The number of amides is 1. The molecular weight excluding hydrogens is 630 g/mol. The predicted molar refractivity (Wildman–Crippen MR) is 142 cm³/mol. The predicted octanol–water partition coefficient (Wildman–Crippen LogP) is 6.76. The molecule has 0 saturated heterocycles. The molecule has 6 nitrogen and oxygen atoms in total. The number of rotatable bonds is 9. The van der Waals surface area contributed by atoms with Gasteiger partial charge in [-0.2, -0.15) is 26.3 Å². The van der Waals surface area contributed by atoms with Crippen molar-refractivity contribution in [2.45, 2.75) is 62.0 Å². The number of alkyl halides is 6. The Morgan fingerprint density at radius 3 is 2.23 bits per heavy atom. The van der Waals surface area contributed by atoms with Gasteiger partial charge in [-0.25, -0.2) is 13.4 Å². The van der Waals surface area contributed by atoms with Gasteiger partial charge in [0.2, 0.25) is 0 Å². The topological polar surface area (TPSA) is 96.4 Å². The molecule has 1 amide bonds. The molecule has 1 heterocycles. The third-order valence-corrected chi connectivity index (χ3v) is 7.50. The zero-order valence-electron chi connectivity index (χ0n) is 21.8. The summed E-state index contributed by atoms with van der Waals surface area (Å²) in [4.78, 5) is 15.2. The van der Waals surface area contributed by atoms with E-state index in [9.17, 15) is 44.7 Å². The molecule has 2 rings (SSSR count). The standard InChI is InChI=1S/C26H27BrF6N2O4S/c1-15(12-20-19(35-22(36)25(28,29)30)9-10-21(34-20)40(5,38)39)11-16(2)24(37,26(31,32)33)14-23(3,4)17-7-6-8-18(27)13-17/h6-10,12-13,37H,2,11,14H2,1,3-5H3,(H,35,36)/b15-12+/t24-/m1/s1. The summed E-state index contributed by atoms with van der Waals surface area (Å²) in [5, 5.41) is 12.0. The summed E-state index contributed by atoms with van der Waals surface area (Å²) in [7, 11) is -3.94. The number of sulfone groups is 1. The molecule has 0 spiro atoms.